The van der Waals surface area contributed by atoms with Gasteiger partial charge in [-0.1, -0.05) is 17.3 Å². The largest absolute Gasteiger partial charge is 0.336 e. The van der Waals surface area contributed by atoms with E-state index in [0.717, 1.165) is 19.4 Å². The molecule has 1 saturated heterocycles. The van der Waals surface area contributed by atoms with Gasteiger partial charge in [-0.05, 0) is 56.2 Å². The first-order chi connectivity index (χ1) is 15.0. The second-order valence-electron chi connectivity index (χ2n) is 7.73. The molecule has 1 aliphatic rings. The Kier molecular flexibility index (Phi) is 4.62. The quantitative estimate of drug-likeness (QED) is 0.543. The summed E-state index contributed by atoms with van der Waals surface area (Å²) in [5, 5.41) is 4.48. The summed E-state index contributed by atoms with van der Waals surface area (Å²) in [7, 11) is 0. The highest BCUT2D eigenvalue weighted by Gasteiger charge is 2.26. The molecule has 1 fully saturated rings. The van der Waals surface area contributed by atoms with Gasteiger partial charge in [0.15, 0.2) is 0 Å². The number of benzene rings is 2. The molecule has 0 saturated carbocycles. The first kappa shape index (κ1) is 19.2. The molecular formula is C23H19FN4O3. The Morgan fingerprint density at radius 3 is 2.74 bits per heavy atom. The highest BCUT2D eigenvalue weighted by Crippen LogP contribution is 2.24. The van der Waals surface area contributed by atoms with Crippen molar-refractivity contribution in [2.75, 3.05) is 6.54 Å². The number of halogens is 1. The lowest BCUT2D eigenvalue weighted by atomic mass is 10.1. The Morgan fingerprint density at radius 2 is 2.00 bits per heavy atom. The summed E-state index contributed by atoms with van der Waals surface area (Å²) >= 11 is 0. The average Bonchev–Trinajstić information content (AvgIpc) is 3.42. The molecule has 1 N–H and O–H groups in total. The lowest BCUT2D eigenvalue weighted by Gasteiger charge is -2.21. The molecule has 31 heavy (non-hydrogen) atoms. The summed E-state index contributed by atoms with van der Waals surface area (Å²) in [4.78, 5) is 34.0. The van der Waals surface area contributed by atoms with Crippen LogP contribution in [0.5, 0.6) is 0 Å². The smallest absolute Gasteiger partial charge is 0.263 e. The molecule has 1 aliphatic heterocycles. The molecule has 2 aromatic heterocycles. The number of aromatic nitrogens is 3. The first-order valence-corrected chi connectivity index (χ1v) is 10.1. The van der Waals surface area contributed by atoms with Crippen LogP contribution in [0.2, 0.25) is 0 Å². The maximum Gasteiger partial charge on any atom is 0.263 e. The number of nitrogens with zero attached hydrogens (tertiary/aromatic N) is 3. The van der Waals surface area contributed by atoms with Gasteiger partial charge in [-0.15, -0.1) is 0 Å². The van der Waals surface area contributed by atoms with Crippen molar-refractivity contribution in [3.63, 3.8) is 0 Å². The third kappa shape index (κ3) is 3.50. The van der Waals surface area contributed by atoms with E-state index in [-0.39, 0.29) is 23.4 Å². The molecule has 5 rings (SSSR count). The molecule has 156 valence electrons. The Balaban J connectivity index is 1.43. The number of fused-ring (bicyclic) bond motifs is 1. The number of hydrogen-bond acceptors (Lipinski definition) is 5. The van der Waals surface area contributed by atoms with Gasteiger partial charge in [-0.25, -0.2) is 4.39 Å². The molecule has 0 aliphatic carbocycles. The zero-order chi connectivity index (χ0) is 21.5. The van der Waals surface area contributed by atoms with Crippen LogP contribution in [0.4, 0.5) is 4.39 Å². The number of aromatic amines is 1. The molecule has 1 atom stereocenters. The van der Waals surface area contributed by atoms with Gasteiger partial charge in [0.1, 0.15) is 11.4 Å². The topological polar surface area (TPSA) is 92.1 Å². The number of carbonyl (C=O) groups is 1. The second-order valence-corrected chi connectivity index (χ2v) is 7.73. The number of likely N-dealkylation sites (tertiary alicyclic amines) is 1. The van der Waals surface area contributed by atoms with Crippen LogP contribution in [0.1, 0.15) is 30.1 Å². The molecule has 4 aromatic rings. The van der Waals surface area contributed by atoms with Gasteiger partial charge < -0.3 is 14.4 Å². The van der Waals surface area contributed by atoms with Gasteiger partial charge in [0, 0.05) is 34.6 Å². The van der Waals surface area contributed by atoms with Crippen LogP contribution >= 0.6 is 0 Å². The Bertz CT molecular complexity index is 1340. The maximum atomic E-state index is 13.5. The minimum atomic E-state index is -0.408. The molecule has 0 spiro atoms. The van der Waals surface area contributed by atoms with E-state index in [1.807, 2.05) is 4.90 Å². The maximum absolute atomic E-state index is 13.5. The number of hydrogen-bond donors (Lipinski definition) is 1. The van der Waals surface area contributed by atoms with Gasteiger partial charge in [0.2, 0.25) is 5.82 Å². The summed E-state index contributed by atoms with van der Waals surface area (Å²) in [6.45, 7) is 2.84. The highest BCUT2D eigenvalue weighted by molar-refractivity contribution is 5.95. The SMILES string of the molecule is CC1CCCN1C(=O)c1ccc(-c2noc(-c3cc4cc(F)ccc4[nH]c3=O)n2)cc1. The van der Waals surface area contributed by atoms with E-state index in [1.54, 1.807) is 24.3 Å². The van der Waals surface area contributed by atoms with E-state index in [2.05, 4.69) is 22.0 Å². The van der Waals surface area contributed by atoms with E-state index in [1.165, 1.54) is 24.3 Å². The van der Waals surface area contributed by atoms with Crippen molar-refractivity contribution in [3.05, 3.63) is 70.3 Å². The minimum Gasteiger partial charge on any atom is -0.336 e. The van der Waals surface area contributed by atoms with Crippen LogP contribution in [-0.2, 0) is 0 Å². The first-order valence-electron chi connectivity index (χ1n) is 10.1. The monoisotopic (exact) mass is 418 g/mol. The van der Waals surface area contributed by atoms with E-state index in [9.17, 15) is 14.0 Å². The van der Waals surface area contributed by atoms with Crippen molar-refractivity contribution in [2.45, 2.75) is 25.8 Å². The van der Waals surface area contributed by atoms with E-state index in [0.29, 0.717) is 27.9 Å². The standard InChI is InChI=1S/C23H19FN4O3/c1-13-3-2-10-28(13)23(30)15-6-4-14(5-7-15)20-26-22(31-27-20)18-12-16-11-17(24)8-9-19(16)25-21(18)29/h4-9,11-13H,2-3,10H2,1H3,(H,25,29). The fraction of sp³-hybridized carbons (Fsp3) is 0.217. The van der Waals surface area contributed by atoms with Crippen LogP contribution in [0.15, 0.2) is 57.8 Å². The molecule has 1 amide bonds. The van der Waals surface area contributed by atoms with Gasteiger partial charge in [0.05, 0.1) is 0 Å². The molecule has 2 aromatic carbocycles. The average molecular weight is 418 g/mol. The van der Waals surface area contributed by atoms with Gasteiger partial charge in [-0.3, -0.25) is 9.59 Å². The molecule has 0 radical (unpaired) electrons. The Labute approximate surface area is 176 Å². The van der Waals surface area contributed by atoms with Crippen molar-refractivity contribution in [1.82, 2.24) is 20.0 Å². The van der Waals surface area contributed by atoms with Crippen molar-refractivity contribution >= 4 is 16.8 Å². The Morgan fingerprint density at radius 1 is 1.19 bits per heavy atom. The number of carbonyl (C=O) groups excluding carboxylic acids is 1. The molecule has 8 heteroatoms. The predicted molar refractivity (Wildman–Crippen MR) is 113 cm³/mol. The fourth-order valence-electron chi connectivity index (χ4n) is 3.95. The molecule has 7 nitrogen and oxygen atoms in total. The summed E-state index contributed by atoms with van der Waals surface area (Å²) in [5.41, 5.74) is 1.53. The van der Waals surface area contributed by atoms with E-state index in [4.69, 9.17) is 4.52 Å². The van der Waals surface area contributed by atoms with Gasteiger partial charge >= 0.3 is 0 Å². The highest BCUT2D eigenvalue weighted by atomic mass is 19.1. The number of pyridine rings is 1. The lowest BCUT2D eigenvalue weighted by Crippen LogP contribution is -2.33. The number of nitrogens with one attached hydrogen (secondary N) is 1. The summed E-state index contributed by atoms with van der Waals surface area (Å²) < 4.78 is 18.8. The zero-order valence-electron chi connectivity index (χ0n) is 16.8. The number of H-pyrrole nitrogens is 1. The van der Waals surface area contributed by atoms with Crippen molar-refractivity contribution < 1.29 is 13.7 Å². The second kappa shape index (κ2) is 7.46. The molecule has 1 unspecified atom stereocenters. The zero-order valence-corrected chi connectivity index (χ0v) is 16.8. The van der Waals surface area contributed by atoms with Gasteiger partial charge in [0.25, 0.3) is 17.4 Å². The van der Waals surface area contributed by atoms with Crippen LogP contribution < -0.4 is 5.56 Å². The van der Waals surface area contributed by atoms with Crippen LogP contribution in [0.25, 0.3) is 33.7 Å². The summed E-state index contributed by atoms with van der Waals surface area (Å²) in [6, 6.07) is 12.9. The predicted octanol–water partition coefficient (Wildman–Crippen LogP) is 4.01. The lowest BCUT2D eigenvalue weighted by molar-refractivity contribution is 0.0747. The van der Waals surface area contributed by atoms with Crippen LogP contribution in [0, 0.1) is 5.82 Å². The molecular weight excluding hydrogens is 399 g/mol. The summed E-state index contributed by atoms with van der Waals surface area (Å²) in [5.74, 6) is -0.0642. The Hall–Kier alpha value is -3.81. The number of rotatable bonds is 3. The van der Waals surface area contributed by atoms with Crippen molar-refractivity contribution in [1.29, 1.82) is 0 Å². The van der Waals surface area contributed by atoms with E-state index >= 15 is 0 Å². The third-order valence-electron chi connectivity index (χ3n) is 5.67. The van der Waals surface area contributed by atoms with Crippen molar-refractivity contribution in [3.8, 4) is 22.8 Å². The van der Waals surface area contributed by atoms with Crippen LogP contribution in [-0.4, -0.2) is 38.5 Å². The van der Waals surface area contributed by atoms with E-state index < -0.39 is 11.4 Å². The minimum absolute atomic E-state index is 0.0141. The summed E-state index contributed by atoms with van der Waals surface area (Å²) in [6.07, 6.45) is 2.05. The number of amides is 1. The van der Waals surface area contributed by atoms with Gasteiger partial charge in [-0.2, -0.15) is 4.98 Å². The molecule has 3 heterocycles. The van der Waals surface area contributed by atoms with Crippen LogP contribution in [0.3, 0.4) is 0 Å². The third-order valence-corrected chi connectivity index (χ3v) is 5.67. The fourth-order valence-corrected chi connectivity index (χ4v) is 3.95. The molecule has 0 bridgehead atoms. The normalized spacial score (nSPS) is 16.2. The van der Waals surface area contributed by atoms with Crippen molar-refractivity contribution in [2.24, 2.45) is 0 Å².